The van der Waals surface area contributed by atoms with Gasteiger partial charge < -0.3 is 15.0 Å². The van der Waals surface area contributed by atoms with E-state index < -0.39 is 24.3 Å². The highest BCUT2D eigenvalue weighted by Gasteiger charge is 2.30. The highest BCUT2D eigenvalue weighted by molar-refractivity contribution is 5.94. The molecular weight excluding hydrogens is 423 g/mol. The lowest BCUT2D eigenvalue weighted by Crippen LogP contribution is -2.26. The first-order chi connectivity index (χ1) is 15.2. The lowest BCUT2D eigenvalue weighted by Gasteiger charge is -2.17. The molecule has 0 atom stereocenters. The van der Waals surface area contributed by atoms with E-state index in [0.717, 1.165) is 17.7 Å². The van der Waals surface area contributed by atoms with E-state index in [4.69, 9.17) is 4.74 Å². The number of amides is 2. The summed E-state index contributed by atoms with van der Waals surface area (Å²) in [7, 11) is 1.68. The molecule has 0 fully saturated rings. The van der Waals surface area contributed by atoms with Gasteiger partial charge >= 0.3 is 6.18 Å². The summed E-state index contributed by atoms with van der Waals surface area (Å²) < 4.78 is 43.6. The van der Waals surface area contributed by atoms with Crippen molar-refractivity contribution in [2.24, 2.45) is 0 Å². The molecule has 166 valence electrons. The number of ether oxygens (including phenoxy) is 1. The van der Waals surface area contributed by atoms with E-state index >= 15 is 0 Å². The molecule has 0 aliphatic carbocycles. The summed E-state index contributed by atoms with van der Waals surface area (Å²) >= 11 is 0. The van der Waals surface area contributed by atoms with E-state index in [9.17, 15) is 22.8 Å². The lowest BCUT2D eigenvalue weighted by atomic mass is 10.2. The van der Waals surface area contributed by atoms with E-state index in [1.807, 2.05) is 6.07 Å². The second kappa shape index (κ2) is 9.95. The molecule has 3 rings (SSSR count). The minimum atomic E-state index is -4.50. The van der Waals surface area contributed by atoms with Gasteiger partial charge in [-0.25, -0.2) is 0 Å². The quantitative estimate of drug-likeness (QED) is 0.588. The molecule has 0 radical (unpaired) electrons. The number of anilines is 1. The maximum Gasteiger partial charge on any atom is 0.416 e. The van der Waals surface area contributed by atoms with Crippen molar-refractivity contribution in [3.05, 3.63) is 89.7 Å². The van der Waals surface area contributed by atoms with Gasteiger partial charge in [-0.2, -0.15) is 13.2 Å². The van der Waals surface area contributed by atoms with Crippen LogP contribution in [0.4, 0.5) is 18.9 Å². The maximum atomic E-state index is 12.8. The van der Waals surface area contributed by atoms with Crippen LogP contribution >= 0.6 is 0 Å². The van der Waals surface area contributed by atoms with Crippen molar-refractivity contribution in [3.8, 4) is 5.75 Å². The third-order valence-corrected chi connectivity index (χ3v) is 4.43. The Morgan fingerprint density at radius 3 is 2.47 bits per heavy atom. The van der Waals surface area contributed by atoms with Gasteiger partial charge in [0.2, 0.25) is 0 Å². The number of rotatable bonds is 7. The van der Waals surface area contributed by atoms with Crippen LogP contribution in [0.3, 0.4) is 0 Å². The van der Waals surface area contributed by atoms with Gasteiger partial charge in [-0.15, -0.1) is 0 Å². The fraction of sp³-hybridized carbons (Fsp3) is 0.174. The maximum absolute atomic E-state index is 12.8. The molecule has 1 aromatic heterocycles. The minimum absolute atomic E-state index is 0.0195. The molecule has 0 saturated heterocycles. The summed E-state index contributed by atoms with van der Waals surface area (Å²) in [6, 6.07) is 14.2. The lowest BCUT2D eigenvalue weighted by molar-refractivity contribution is -0.137. The Morgan fingerprint density at radius 2 is 1.81 bits per heavy atom. The molecule has 2 aromatic carbocycles. The molecule has 0 spiro atoms. The van der Waals surface area contributed by atoms with E-state index in [-0.39, 0.29) is 11.6 Å². The number of nitrogens with zero attached hydrogens (tertiary/aromatic N) is 2. The summed E-state index contributed by atoms with van der Waals surface area (Å²) in [5, 5.41) is 2.36. The van der Waals surface area contributed by atoms with Crippen LogP contribution in [0.5, 0.6) is 5.75 Å². The molecule has 1 heterocycles. The summed E-state index contributed by atoms with van der Waals surface area (Å²) in [6.45, 7) is 0.00504. The van der Waals surface area contributed by atoms with Crippen LogP contribution in [0.25, 0.3) is 0 Å². The van der Waals surface area contributed by atoms with Crippen LogP contribution in [0.1, 0.15) is 21.5 Å². The first-order valence-corrected chi connectivity index (χ1v) is 9.57. The smallest absolute Gasteiger partial charge is 0.416 e. The van der Waals surface area contributed by atoms with Crippen molar-refractivity contribution in [2.75, 3.05) is 19.0 Å². The number of carbonyl (C=O) groups is 2. The predicted molar refractivity (Wildman–Crippen MR) is 112 cm³/mol. The molecule has 2 amide bonds. The third kappa shape index (κ3) is 6.31. The number of halogens is 3. The van der Waals surface area contributed by atoms with E-state index in [0.29, 0.717) is 17.9 Å². The molecule has 0 unspecified atom stereocenters. The van der Waals surface area contributed by atoms with Gasteiger partial charge in [0.25, 0.3) is 11.8 Å². The van der Waals surface area contributed by atoms with Crippen molar-refractivity contribution in [2.45, 2.75) is 12.7 Å². The molecule has 6 nitrogen and oxygen atoms in total. The van der Waals surface area contributed by atoms with Gasteiger partial charge in [0.05, 0.1) is 5.56 Å². The molecule has 32 heavy (non-hydrogen) atoms. The van der Waals surface area contributed by atoms with Gasteiger partial charge in [0.15, 0.2) is 6.61 Å². The molecule has 1 N–H and O–H groups in total. The number of pyridine rings is 1. The van der Waals surface area contributed by atoms with Crippen LogP contribution in [0, 0.1) is 0 Å². The van der Waals surface area contributed by atoms with Crippen molar-refractivity contribution < 1.29 is 27.5 Å². The minimum Gasteiger partial charge on any atom is -0.484 e. The molecule has 0 aliphatic heterocycles. The molecular formula is C23H20F3N3O3. The normalized spacial score (nSPS) is 11.0. The Kier molecular flexibility index (Phi) is 7.09. The predicted octanol–water partition coefficient (Wildman–Crippen LogP) is 4.39. The molecule has 3 aromatic rings. The summed E-state index contributed by atoms with van der Waals surface area (Å²) in [5.41, 5.74) is 0.503. The SMILES string of the molecule is CN(Cc1cccnc1)C(=O)c1ccc(OCC(=O)Nc2cccc(C(F)(F)F)c2)cc1. The van der Waals surface area contributed by atoms with Gasteiger partial charge in [-0.3, -0.25) is 14.6 Å². The van der Waals surface area contributed by atoms with E-state index in [2.05, 4.69) is 10.3 Å². The first-order valence-electron chi connectivity index (χ1n) is 9.57. The monoisotopic (exact) mass is 443 g/mol. The third-order valence-electron chi connectivity index (χ3n) is 4.43. The van der Waals surface area contributed by atoms with Gasteiger partial charge in [0, 0.05) is 37.2 Å². The second-order valence-electron chi connectivity index (χ2n) is 6.96. The zero-order valence-electron chi connectivity index (χ0n) is 17.1. The second-order valence-corrected chi connectivity index (χ2v) is 6.96. The standard InChI is InChI=1S/C23H20F3N3O3/c1-29(14-16-4-3-11-27-13-16)22(31)17-7-9-20(10-8-17)32-15-21(30)28-19-6-2-5-18(12-19)23(24,25)26/h2-13H,14-15H2,1H3,(H,28,30). The first kappa shape index (κ1) is 22.8. The average Bonchev–Trinajstić information content (AvgIpc) is 2.78. The van der Waals surface area contributed by atoms with Crippen LogP contribution in [0.2, 0.25) is 0 Å². The molecule has 0 saturated carbocycles. The Labute approximate surface area is 182 Å². The van der Waals surface area contributed by atoms with Crippen LogP contribution in [-0.2, 0) is 17.5 Å². The number of nitrogens with one attached hydrogen (secondary N) is 1. The zero-order valence-corrected chi connectivity index (χ0v) is 17.1. The van der Waals surface area contributed by atoms with Gasteiger partial charge in [-0.1, -0.05) is 12.1 Å². The zero-order chi connectivity index (χ0) is 23.1. The number of hydrogen-bond acceptors (Lipinski definition) is 4. The van der Waals surface area contributed by atoms with E-state index in [1.165, 1.54) is 12.1 Å². The Hall–Kier alpha value is -3.88. The van der Waals surface area contributed by atoms with Crippen LogP contribution in [0.15, 0.2) is 73.1 Å². The number of aromatic nitrogens is 1. The molecule has 9 heteroatoms. The Balaban J connectivity index is 1.52. The largest absolute Gasteiger partial charge is 0.484 e. The topological polar surface area (TPSA) is 71.5 Å². The summed E-state index contributed by atoms with van der Waals surface area (Å²) in [4.78, 5) is 30.1. The summed E-state index contributed by atoms with van der Waals surface area (Å²) in [6.07, 6.45) is -1.16. The fourth-order valence-electron chi connectivity index (χ4n) is 2.87. The van der Waals surface area contributed by atoms with E-state index in [1.54, 1.807) is 54.7 Å². The summed E-state index contributed by atoms with van der Waals surface area (Å²) in [5.74, 6) is -0.459. The highest BCUT2D eigenvalue weighted by Crippen LogP contribution is 2.30. The Bertz CT molecular complexity index is 1070. The van der Waals surface area contributed by atoms with Gasteiger partial charge in [-0.05, 0) is 54.1 Å². The number of benzene rings is 2. The average molecular weight is 443 g/mol. The van der Waals surface area contributed by atoms with Crippen molar-refractivity contribution in [1.82, 2.24) is 9.88 Å². The van der Waals surface area contributed by atoms with Crippen LogP contribution in [-0.4, -0.2) is 35.4 Å². The van der Waals surface area contributed by atoms with Crippen molar-refractivity contribution in [1.29, 1.82) is 0 Å². The number of carbonyl (C=O) groups excluding carboxylic acids is 2. The van der Waals surface area contributed by atoms with Gasteiger partial charge in [0.1, 0.15) is 5.75 Å². The van der Waals surface area contributed by atoms with Crippen molar-refractivity contribution >= 4 is 17.5 Å². The highest BCUT2D eigenvalue weighted by atomic mass is 19.4. The number of alkyl halides is 3. The van der Waals surface area contributed by atoms with Crippen molar-refractivity contribution in [3.63, 3.8) is 0 Å². The number of hydrogen-bond donors (Lipinski definition) is 1. The Morgan fingerprint density at radius 1 is 1.06 bits per heavy atom. The molecule has 0 aliphatic rings. The fourth-order valence-corrected chi connectivity index (χ4v) is 2.87. The van der Waals surface area contributed by atoms with Crippen LogP contribution < -0.4 is 10.1 Å². The molecule has 0 bridgehead atoms.